The lowest BCUT2D eigenvalue weighted by molar-refractivity contribution is 1.27. The lowest BCUT2D eigenvalue weighted by Crippen LogP contribution is -1.95. The Morgan fingerprint density at radius 3 is 1.11 bits per heavy atom. The Balaban J connectivity index is 3.48. The minimum atomic E-state index is 1.37. The molecule has 0 heteroatoms. The van der Waals surface area contributed by atoms with E-state index in [1.165, 1.54) is 44.5 Å². The van der Waals surface area contributed by atoms with Crippen LogP contribution in [0, 0.1) is 13.8 Å². The first-order valence-corrected chi connectivity index (χ1v) is 6.65. The van der Waals surface area contributed by atoms with Crippen LogP contribution in [0.3, 0.4) is 0 Å². The first-order chi connectivity index (χ1) is 8.25. The molecule has 1 rings (SSSR count). The van der Waals surface area contributed by atoms with E-state index in [1.54, 1.807) is 0 Å². The number of allylic oxidation sites excluding steroid dienone is 4. The first-order valence-electron chi connectivity index (χ1n) is 6.65. The monoisotopic (exact) mass is 242 g/mol. The molecule has 18 heavy (non-hydrogen) atoms. The molecule has 0 heterocycles. The summed E-state index contributed by atoms with van der Waals surface area (Å²) < 4.78 is 0. The van der Waals surface area contributed by atoms with Gasteiger partial charge in [-0.05, 0) is 88.8 Å². The summed E-state index contributed by atoms with van der Waals surface area (Å²) in [4.78, 5) is 0. The van der Waals surface area contributed by atoms with Gasteiger partial charge in [0, 0.05) is 0 Å². The summed E-state index contributed by atoms with van der Waals surface area (Å²) in [6, 6.07) is 4.67. The molecule has 1 aromatic rings. The van der Waals surface area contributed by atoms with Crippen LogP contribution in [0.2, 0.25) is 0 Å². The Bertz CT molecular complexity index is 467. The Morgan fingerprint density at radius 1 is 0.611 bits per heavy atom. The van der Waals surface area contributed by atoms with E-state index in [-0.39, 0.29) is 0 Å². The lowest BCUT2D eigenvalue weighted by atomic mass is 9.90. The zero-order chi connectivity index (χ0) is 14.0. The Morgan fingerprint density at radius 2 is 0.889 bits per heavy atom. The van der Waals surface area contributed by atoms with Crippen molar-refractivity contribution in [2.75, 3.05) is 0 Å². The highest BCUT2D eigenvalue weighted by Crippen LogP contribution is 2.29. The normalized spacial score (nSPS) is 10.2. The van der Waals surface area contributed by atoms with Gasteiger partial charge < -0.3 is 0 Å². The zero-order valence-electron chi connectivity index (χ0n) is 13.2. The summed E-state index contributed by atoms with van der Waals surface area (Å²) in [5.74, 6) is 0. The highest BCUT2D eigenvalue weighted by molar-refractivity contribution is 5.75. The zero-order valence-corrected chi connectivity index (χ0v) is 13.2. The highest BCUT2D eigenvalue weighted by atomic mass is 14.1. The van der Waals surface area contributed by atoms with E-state index < -0.39 is 0 Å². The summed E-state index contributed by atoms with van der Waals surface area (Å²) in [7, 11) is 0. The molecule has 0 radical (unpaired) electrons. The minimum Gasteiger partial charge on any atom is -0.0729 e. The van der Waals surface area contributed by atoms with Crippen LogP contribution < -0.4 is 0 Å². The van der Waals surface area contributed by atoms with Gasteiger partial charge in [0.05, 0.1) is 0 Å². The van der Waals surface area contributed by atoms with Crippen LogP contribution in [-0.4, -0.2) is 0 Å². The Labute approximate surface area is 112 Å². The number of hydrogen-bond donors (Lipinski definition) is 0. The number of aryl methyl sites for hydroxylation is 2. The molecule has 0 aromatic heterocycles. The maximum atomic E-state index is 2.33. The summed E-state index contributed by atoms with van der Waals surface area (Å²) in [5.41, 5.74) is 11.1. The van der Waals surface area contributed by atoms with E-state index in [2.05, 4.69) is 67.5 Å². The quantitative estimate of drug-likeness (QED) is 0.603. The van der Waals surface area contributed by atoms with Crippen LogP contribution in [0.25, 0.3) is 11.1 Å². The van der Waals surface area contributed by atoms with E-state index in [9.17, 15) is 0 Å². The molecule has 0 fully saturated rings. The van der Waals surface area contributed by atoms with Crippen LogP contribution in [-0.2, 0) is 0 Å². The van der Waals surface area contributed by atoms with Gasteiger partial charge in [-0.25, -0.2) is 0 Å². The van der Waals surface area contributed by atoms with Crippen molar-refractivity contribution >= 4 is 11.1 Å². The first kappa shape index (κ1) is 14.8. The van der Waals surface area contributed by atoms with Crippen molar-refractivity contribution in [3.8, 4) is 0 Å². The third-order valence-electron chi connectivity index (χ3n) is 3.88. The van der Waals surface area contributed by atoms with E-state index in [0.717, 1.165) is 0 Å². The second kappa shape index (κ2) is 5.56. The van der Waals surface area contributed by atoms with Gasteiger partial charge in [-0.2, -0.15) is 0 Å². The van der Waals surface area contributed by atoms with Crippen molar-refractivity contribution in [3.63, 3.8) is 0 Å². The molecule has 0 amide bonds. The second-order valence-corrected chi connectivity index (χ2v) is 5.73. The van der Waals surface area contributed by atoms with Crippen molar-refractivity contribution in [1.29, 1.82) is 0 Å². The van der Waals surface area contributed by atoms with Gasteiger partial charge in [0.2, 0.25) is 0 Å². The SMILES string of the molecule is CC(C)=C(C)c1cc(C)c(C(C)=C(C)C)cc1C. The molecule has 0 nitrogen and oxygen atoms in total. The summed E-state index contributed by atoms with van der Waals surface area (Å²) in [6.07, 6.45) is 0. The molecular weight excluding hydrogens is 216 g/mol. The van der Waals surface area contributed by atoms with Crippen LogP contribution in [0.15, 0.2) is 23.3 Å². The van der Waals surface area contributed by atoms with E-state index in [0.29, 0.717) is 0 Å². The third-order valence-corrected chi connectivity index (χ3v) is 3.88. The van der Waals surface area contributed by atoms with Gasteiger partial charge in [0.1, 0.15) is 0 Å². The molecule has 0 spiro atoms. The number of rotatable bonds is 2. The van der Waals surface area contributed by atoms with Gasteiger partial charge >= 0.3 is 0 Å². The van der Waals surface area contributed by atoms with Gasteiger partial charge in [-0.15, -0.1) is 0 Å². The average molecular weight is 242 g/mol. The topological polar surface area (TPSA) is 0 Å². The standard InChI is InChI=1S/C18H26/c1-11(2)15(7)17-9-14(6)18(10-13(17)5)16(8)12(3)4/h9-10H,1-8H3. The van der Waals surface area contributed by atoms with Crippen molar-refractivity contribution < 1.29 is 0 Å². The van der Waals surface area contributed by atoms with Crippen LogP contribution in [0.1, 0.15) is 63.8 Å². The Kier molecular flexibility index (Phi) is 4.56. The van der Waals surface area contributed by atoms with Crippen molar-refractivity contribution in [3.05, 3.63) is 45.5 Å². The second-order valence-electron chi connectivity index (χ2n) is 5.73. The van der Waals surface area contributed by atoms with E-state index in [1.807, 2.05) is 0 Å². The van der Waals surface area contributed by atoms with E-state index in [4.69, 9.17) is 0 Å². The maximum Gasteiger partial charge on any atom is -0.0196 e. The molecule has 0 atom stereocenters. The third kappa shape index (κ3) is 2.93. The molecule has 0 unspecified atom stereocenters. The molecule has 1 aromatic carbocycles. The molecule has 0 saturated heterocycles. The molecule has 0 aliphatic rings. The molecule has 0 aliphatic heterocycles. The summed E-state index contributed by atoms with van der Waals surface area (Å²) >= 11 is 0. The van der Waals surface area contributed by atoms with Crippen LogP contribution in [0.5, 0.6) is 0 Å². The molecule has 0 saturated carbocycles. The van der Waals surface area contributed by atoms with Gasteiger partial charge in [-0.3, -0.25) is 0 Å². The lowest BCUT2D eigenvalue weighted by Gasteiger charge is -2.15. The summed E-state index contributed by atoms with van der Waals surface area (Å²) in [6.45, 7) is 17.6. The van der Waals surface area contributed by atoms with Crippen molar-refractivity contribution in [2.45, 2.75) is 55.4 Å². The Hall–Kier alpha value is -1.30. The molecular formula is C18H26. The largest absolute Gasteiger partial charge is 0.0729 e. The minimum absolute atomic E-state index is 1.37. The number of benzene rings is 1. The molecule has 0 bridgehead atoms. The van der Waals surface area contributed by atoms with E-state index >= 15 is 0 Å². The van der Waals surface area contributed by atoms with Crippen molar-refractivity contribution in [2.24, 2.45) is 0 Å². The maximum absolute atomic E-state index is 2.33. The fourth-order valence-corrected chi connectivity index (χ4v) is 2.16. The smallest absolute Gasteiger partial charge is 0.0196 e. The van der Waals surface area contributed by atoms with Crippen LogP contribution >= 0.6 is 0 Å². The number of hydrogen-bond acceptors (Lipinski definition) is 0. The molecule has 0 N–H and O–H groups in total. The molecule has 98 valence electrons. The summed E-state index contributed by atoms with van der Waals surface area (Å²) in [5, 5.41) is 0. The van der Waals surface area contributed by atoms with Crippen LogP contribution in [0.4, 0.5) is 0 Å². The molecule has 0 aliphatic carbocycles. The van der Waals surface area contributed by atoms with Crippen molar-refractivity contribution in [1.82, 2.24) is 0 Å². The highest BCUT2D eigenvalue weighted by Gasteiger charge is 2.08. The fourth-order valence-electron chi connectivity index (χ4n) is 2.16. The van der Waals surface area contributed by atoms with Gasteiger partial charge in [0.25, 0.3) is 0 Å². The predicted octanol–water partition coefficient (Wildman–Crippen LogP) is 5.93. The predicted molar refractivity (Wildman–Crippen MR) is 83.8 cm³/mol. The fraction of sp³-hybridized carbons (Fsp3) is 0.444. The van der Waals surface area contributed by atoms with Gasteiger partial charge in [-0.1, -0.05) is 23.3 Å². The van der Waals surface area contributed by atoms with Gasteiger partial charge in [0.15, 0.2) is 0 Å². The average Bonchev–Trinajstić information content (AvgIpc) is 2.29.